The number of hydrogen-bond acceptors (Lipinski definition) is 3. The molecule has 1 unspecified atom stereocenters. The van der Waals surface area contributed by atoms with Gasteiger partial charge in [-0.25, -0.2) is 0 Å². The molecular formula is C18H27N3. The van der Waals surface area contributed by atoms with Crippen LogP contribution in [-0.2, 0) is 6.42 Å². The predicted octanol–water partition coefficient (Wildman–Crippen LogP) is 3.50. The molecule has 1 aromatic carbocycles. The topological polar surface area (TPSA) is 39.1 Å². The summed E-state index contributed by atoms with van der Waals surface area (Å²) >= 11 is 0. The minimum atomic E-state index is -0.419. The van der Waals surface area contributed by atoms with E-state index < -0.39 is 5.54 Å². The van der Waals surface area contributed by atoms with Crippen LogP contribution in [0.4, 0.5) is 5.69 Å². The van der Waals surface area contributed by atoms with Crippen molar-refractivity contribution in [2.75, 3.05) is 24.5 Å². The second kappa shape index (κ2) is 7.47. The van der Waals surface area contributed by atoms with E-state index in [2.05, 4.69) is 47.5 Å². The Labute approximate surface area is 129 Å². The van der Waals surface area contributed by atoms with E-state index in [0.717, 1.165) is 32.5 Å². The summed E-state index contributed by atoms with van der Waals surface area (Å²) in [6.07, 6.45) is 5.59. The van der Waals surface area contributed by atoms with Crippen molar-refractivity contribution in [3.05, 3.63) is 29.8 Å². The lowest BCUT2D eigenvalue weighted by Gasteiger charge is -2.30. The molecule has 1 heterocycles. The molecule has 1 aromatic rings. The number of nitriles is 1. The second-order valence-electron chi connectivity index (χ2n) is 6.19. The lowest BCUT2D eigenvalue weighted by Crippen LogP contribution is -2.44. The Morgan fingerprint density at radius 3 is 2.90 bits per heavy atom. The van der Waals surface area contributed by atoms with Gasteiger partial charge in [-0.15, -0.1) is 0 Å². The third kappa shape index (κ3) is 4.22. The van der Waals surface area contributed by atoms with Gasteiger partial charge in [0.05, 0.1) is 6.07 Å². The van der Waals surface area contributed by atoms with E-state index in [0.29, 0.717) is 0 Å². The van der Waals surface area contributed by atoms with Gasteiger partial charge in [0.15, 0.2) is 0 Å². The van der Waals surface area contributed by atoms with Gasteiger partial charge in [0.1, 0.15) is 5.54 Å². The monoisotopic (exact) mass is 285 g/mol. The van der Waals surface area contributed by atoms with Crippen LogP contribution in [0.3, 0.4) is 0 Å². The quantitative estimate of drug-likeness (QED) is 0.869. The van der Waals surface area contributed by atoms with Gasteiger partial charge < -0.3 is 4.90 Å². The fourth-order valence-corrected chi connectivity index (χ4v) is 2.94. The van der Waals surface area contributed by atoms with Gasteiger partial charge in [-0.1, -0.05) is 25.1 Å². The van der Waals surface area contributed by atoms with E-state index in [9.17, 15) is 5.26 Å². The van der Waals surface area contributed by atoms with Crippen LogP contribution in [0.2, 0.25) is 0 Å². The van der Waals surface area contributed by atoms with E-state index in [1.807, 2.05) is 6.92 Å². The molecule has 0 aliphatic carbocycles. The highest BCUT2D eigenvalue weighted by Gasteiger charge is 2.24. The van der Waals surface area contributed by atoms with E-state index >= 15 is 0 Å². The van der Waals surface area contributed by atoms with Crippen molar-refractivity contribution < 1.29 is 0 Å². The third-order valence-corrected chi connectivity index (χ3v) is 4.35. The Kier molecular flexibility index (Phi) is 5.64. The van der Waals surface area contributed by atoms with Crippen molar-refractivity contribution in [2.45, 2.75) is 51.5 Å². The molecule has 1 atom stereocenters. The first-order chi connectivity index (χ1) is 10.2. The van der Waals surface area contributed by atoms with Gasteiger partial charge in [0.25, 0.3) is 0 Å². The van der Waals surface area contributed by atoms with Crippen LogP contribution < -0.4 is 10.2 Å². The molecule has 0 amide bonds. The zero-order valence-electron chi connectivity index (χ0n) is 13.4. The number of aryl methyl sites for hydroxylation is 1. The van der Waals surface area contributed by atoms with Crippen LogP contribution in [0.15, 0.2) is 24.3 Å². The van der Waals surface area contributed by atoms with Crippen molar-refractivity contribution in [1.82, 2.24) is 5.32 Å². The molecule has 0 bridgehead atoms. The number of para-hydroxylation sites is 1. The molecule has 1 aliphatic rings. The Morgan fingerprint density at radius 2 is 2.14 bits per heavy atom. The summed E-state index contributed by atoms with van der Waals surface area (Å²) in [6, 6.07) is 11.2. The van der Waals surface area contributed by atoms with E-state index in [1.54, 1.807) is 0 Å². The van der Waals surface area contributed by atoms with Crippen molar-refractivity contribution >= 4 is 5.69 Å². The minimum absolute atomic E-state index is 0.419. The largest absolute Gasteiger partial charge is 0.371 e. The van der Waals surface area contributed by atoms with Crippen LogP contribution in [0.1, 0.15) is 45.1 Å². The van der Waals surface area contributed by atoms with Crippen LogP contribution in [0, 0.1) is 11.3 Å². The maximum atomic E-state index is 9.46. The summed E-state index contributed by atoms with van der Waals surface area (Å²) in [7, 11) is 0. The SMILES string of the molecule is CCCNC(C)(C#N)CCN1CCCCc2ccccc21. The maximum absolute atomic E-state index is 9.46. The van der Waals surface area contributed by atoms with E-state index in [-0.39, 0.29) is 0 Å². The Bertz CT molecular complexity index is 491. The number of fused-ring (bicyclic) bond motifs is 1. The standard InChI is InChI=1S/C18H27N3/c1-3-12-20-18(2,15-19)11-14-21-13-7-6-9-16-8-4-5-10-17(16)21/h4-5,8,10,20H,3,6-7,9,11-14H2,1-2H3. The van der Waals surface area contributed by atoms with E-state index in [1.165, 1.54) is 30.5 Å². The summed E-state index contributed by atoms with van der Waals surface area (Å²) in [4.78, 5) is 2.46. The second-order valence-corrected chi connectivity index (χ2v) is 6.19. The number of rotatable bonds is 6. The number of nitrogens with one attached hydrogen (secondary N) is 1. The van der Waals surface area contributed by atoms with Gasteiger partial charge in [-0.05, 0) is 57.2 Å². The molecule has 3 nitrogen and oxygen atoms in total. The summed E-state index contributed by atoms with van der Waals surface area (Å²) in [6.45, 7) is 7.10. The van der Waals surface area contributed by atoms with Crippen molar-refractivity contribution in [3.63, 3.8) is 0 Å². The Balaban J connectivity index is 2.04. The highest BCUT2D eigenvalue weighted by molar-refractivity contribution is 5.54. The minimum Gasteiger partial charge on any atom is -0.371 e. The highest BCUT2D eigenvalue weighted by atomic mass is 15.1. The van der Waals surface area contributed by atoms with Crippen LogP contribution >= 0.6 is 0 Å². The van der Waals surface area contributed by atoms with Gasteiger partial charge in [-0.3, -0.25) is 5.32 Å². The molecule has 114 valence electrons. The zero-order chi connectivity index (χ0) is 15.1. The summed E-state index contributed by atoms with van der Waals surface area (Å²) in [5.74, 6) is 0. The molecule has 0 saturated heterocycles. The third-order valence-electron chi connectivity index (χ3n) is 4.35. The number of hydrogen-bond donors (Lipinski definition) is 1. The zero-order valence-corrected chi connectivity index (χ0v) is 13.4. The number of anilines is 1. The Morgan fingerprint density at radius 1 is 1.33 bits per heavy atom. The molecule has 0 fully saturated rings. The average Bonchev–Trinajstić information content (AvgIpc) is 2.73. The molecule has 0 aromatic heterocycles. The maximum Gasteiger partial charge on any atom is 0.105 e. The molecule has 21 heavy (non-hydrogen) atoms. The van der Waals surface area contributed by atoms with Gasteiger partial charge in [-0.2, -0.15) is 5.26 Å². The molecule has 2 rings (SSSR count). The molecule has 1 N–H and O–H groups in total. The predicted molar refractivity (Wildman–Crippen MR) is 88.5 cm³/mol. The molecule has 3 heteroatoms. The van der Waals surface area contributed by atoms with Gasteiger partial charge in [0, 0.05) is 18.8 Å². The first-order valence-corrected chi connectivity index (χ1v) is 8.17. The lowest BCUT2D eigenvalue weighted by molar-refractivity contribution is 0.418. The van der Waals surface area contributed by atoms with E-state index in [4.69, 9.17) is 0 Å². The summed E-state index contributed by atoms with van der Waals surface area (Å²) in [5, 5.41) is 12.8. The number of benzene rings is 1. The lowest BCUT2D eigenvalue weighted by atomic mass is 9.99. The molecule has 0 spiro atoms. The smallest absolute Gasteiger partial charge is 0.105 e. The fourth-order valence-electron chi connectivity index (χ4n) is 2.94. The van der Waals surface area contributed by atoms with Gasteiger partial charge >= 0.3 is 0 Å². The normalized spacial score (nSPS) is 17.5. The summed E-state index contributed by atoms with van der Waals surface area (Å²) < 4.78 is 0. The first-order valence-electron chi connectivity index (χ1n) is 8.17. The highest BCUT2D eigenvalue weighted by Crippen LogP contribution is 2.26. The Hall–Kier alpha value is -1.53. The van der Waals surface area contributed by atoms with Crippen LogP contribution in [0.5, 0.6) is 0 Å². The van der Waals surface area contributed by atoms with Gasteiger partial charge in [0.2, 0.25) is 0 Å². The number of nitrogens with zero attached hydrogens (tertiary/aromatic N) is 2. The molecule has 0 saturated carbocycles. The first kappa shape index (κ1) is 15.9. The van der Waals surface area contributed by atoms with Crippen LogP contribution in [0.25, 0.3) is 0 Å². The van der Waals surface area contributed by atoms with Crippen LogP contribution in [-0.4, -0.2) is 25.2 Å². The van der Waals surface area contributed by atoms with Crippen molar-refractivity contribution in [1.29, 1.82) is 5.26 Å². The molecular weight excluding hydrogens is 258 g/mol. The molecule has 1 aliphatic heterocycles. The van der Waals surface area contributed by atoms with Crippen molar-refractivity contribution in [3.8, 4) is 6.07 Å². The van der Waals surface area contributed by atoms with Crippen molar-refractivity contribution in [2.24, 2.45) is 0 Å². The molecule has 0 radical (unpaired) electrons. The fraction of sp³-hybridized carbons (Fsp3) is 0.611. The summed E-state index contributed by atoms with van der Waals surface area (Å²) in [5.41, 5.74) is 2.40. The average molecular weight is 285 g/mol.